The Morgan fingerprint density at radius 1 is 1.07 bits per heavy atom. The van der Waals surface area contributed by atoms with Crippen molar-refractivity contribution in [3.63, 3.8) is 0 Å². The molecule has 0 bridgehead atoms. The van der Waals surface area contributed by atoms with Gasteiger partial charge in [-0.25, -0.2) is 4.79 Å². The van der Waals surface area contributed by atoms with Gasteiger partial charge in [0, 0.05) is 25.6 Å². The Hall–Kier alpha value is -1.67. The number of unbranched alkanes of at least 4 members (excludes halogenated alkanes) is 1. The third kappa shape index (κ3) is 7.10. The fraction of sp³-hybridized carbons (Fsp3) is 0.842. The van der Waals surface area contributed by atoms with Crippen LogP contribution in [0.25, 0.3) is 0 Å². The first-order valence-corrected chi connectivity index (χ1v) is 10.1. The Labute approximate surface area is 162 Å². The molecule has 0 spiro atoms. The average Bonchev–Trinajstić information content (AvgIpc) is 2.61. The molecule has 2 saturated heterocycles. The van der Waals surface area contributed by atoms with Gasteiger partial charge < -0.3 is 15.0 Å². The van der Waals surface area contributed by atoms with Gasteiger partial charge in [-0.2, -0.15) is 0 Å². The highest BCUT2D eigenvalue weighted by atomic mass is 16.5. The fourth-order valence-electron chi connectivity index (χ4n) is 3.75. The molecule has 2 N–H and O–H groups in total. The first kappa shape index (κ1) is 21.6. The predicted octanol–water partition coefficient (Wildman–Crippen LogP) is 0.960. The van der Waals surface area contributed by atoms with E-state index in [1.54, 1.807) is 0 Å². The Balaban J connectivity index is 1.69. The molecular formula is C19H34N4O4. The van der Waals surface area contributed by atoms with E-state index in [-0.39, 0.29) is 36.5 Å². The number of nitrogens with one attached hydrogen (secondary N) is 2. The van der Waals surface area contributed by atoms with Crippen LogP contribution in [0.2, 0.25) is 0 Å². The van der Waals surface area contributed by atoms with E-state index in [1.165, 1.54) is 0 Å². The third-order valence-corrected chi connectivity index (χ3v) is 5.10. The van der Waals surface area contributed by atoms with Crippen LogP contribution in [0.4, 0.5) is 4.79 Å². The van der Waals surface area contributed by atoms with Crippen LogP contribution in [-0.2, 0) is 14.3 Å². The van der Waals surface area contributed by atoms with Gasteiger partial charge in [0.05, 0.1) is 18.8 Å². The van der Waals surface area contributed by atoms with E-state index in [4.69, 9.17) is 4.74 Å². The van der Waals surface area contributed by atoms with Crippen LogP contribution in [0.5, 0.6) is 0 Å². The van der Waals surface area contributed by atoms with Crippen molar-refractivity contribution in [2.75, 3.05) is 39.3 Å². The number of morpholine rings is 1. The summed E-state index contributed by atoms with van der Waals surface area (Å²) < 4.78 is 5.70. The van der Waals surface area contributed by atoms with Gasteiger partial charge in [-0.15, -0.1) is 0 Å². The molecule has 2 atom stereocenters. The van der Waals surface area contributed by atoms with Crippen LogP contribution in [0.15, 0.2) is 0 Å². The molecule has 8 heteroatoms. The molecule has 2 rings (SSSR count). The van der Waals surface area contributed by atoms with E-state index in [0.717, 1.165) is 25.7 Å². The molecule has 0 saturated carbocycles. The lowest BCUT2D eigenvalue weighted by Gasteiger charge is -2.39. The molecule has 0 radical (unpaired) electrons. The second-order valence-corrected chi connectivity index (χ2v) is 7.71. The first-order chi connectivity index (χ1) is 12.9. The number of imide groups is 1. The van der Waals surface area contributed by atoms with E-state index in [1.807, 2.05) is 30.6 Å². The Morgan fingerprint density at radius 2 is 1.70 bits per heavy atom. The maximum Gasteiger partial charge on any atom is 0.321 e. The van der Waals surface area contributed by atoms with Crippen molar-refractivity contribution in [2.45, 2.75) is 58.7 Å². The number of piperidine rings is 1. The van der Waals surface area contributed by atoms with Gasteiger partial charge in [-0.1, -0.05) is 13.3 Å². The van der Waals surface area contributed by atoms with Crippen LogP contribution in [-0.4, -0.2) is 79.1 Å². The molecule has 0 aromatic rings. The summed E-state index contributed by atoms with van der Waals surface area (Å²) in [6.07, 6.45) is 3.52. The second kappa shape index (κ2) is 10.6. The van der Waals surface area contributed by atoms with Crippen molar-refractivity contribution < 1.29 is 19.1 Å². The molecular weight excluding hydrogens is 348 g/mol. The quantitative estimate of drug-likeness (QED) is 0.668. The highest BCUT2D eigenvalue weighted by molar-refractivity contribution is 5.95. The number of carbonyl (C=O) groups is 3. The molecule has 2 aliphatic heterocycles. The minimum Gasteiger partial charge on any atom is -0.372 e. The minimum atomic E-state index is -0.436. The number of hydrogen-bond acceptors (Lipinski definition) is 5. The van der Waals surface area contributed by atoms with Crippen molar-refractivity contribution in [3.8, 4) is 0 Å². The number of hydrogen-bond donors (Lipinski definition) is 2. The van der Waals surface area contributed by atoms with Crippen LogP contribution in [0.3, 0.4) is 0 Å². The summed E-state index contributed by atoms with van der Waals surface area (Å²) in [5, 5.41) is 5.03. The summed E-state index contributed by atoms with van der Waals surface area (Å²) in [5.74, 6) is -0.0832. The number of likely N-dealkylation sites (tertiary alicyclic amines) is 1. The number of carbonyl (C=O) groups excluding carboxylic acids is 3. The molecule has 0 aliphatic carbocycles. The molecule has 2 heterocycles. The summed E-state index contributed by atoms with van der Waals surface area (Å²) in [7, 11) is 0. The van der Waals surface area contributed by atoms with E-state index in [2.05, 4.69) is 10.6 Å². The zero-order chi connectivity index (χ0) is 19.8. The predicted molar refractivity (Wildman–Crippen MR) is 102 cm³/mol. The van der Waals surface area contributed by atoms with Crippen LogP contribution in [0.1, 0.15) is 46.5 Å². The molecule has 2 aliphatic rings. The smallest absolute Gasteiger partial charge is 0.321 e. The second-order valence-electron chi connectivity index (χ2n) is 7.71. The number of amides is 4. The fourth-order valence-corrected chi connectivity index (χ4v) is 3.75. The highest BCUT2D eigenvalue weighted by Crippen LogP contribution is 2.22. The lowest BCUT2D eigenvalue weighted by Crippen LogP contribution is -2.52. The van der Waals surface area contributed by atoms with Crippen molar-refractivity contribution >= 4 is 17.8 Å². The van der Waals surface area contributed by atoms with Crippen LogP contribution in [0, 0.1) is 5.92 Å². The molecule has 0 aromatic heterocycles. The minimum absolute atomic E-state index is 0.0131. The Kier molecular flexibility index (Phi) is 8.50. The lowest BCUT2D eigenvalue weighted by molar-refractivity contribution is -0.148. The topological polar surface area (TPSA) is 91.0 Å². The van der Waals surface area contributed by atoms with Gasteiger partial charge in [0.15, 0.2) is 0 Å². The SMILES string of the molecule is CCCCNC(=O)NC(=O)CN1CCC(C(=O)N2C[C@@H](C)O[C@@H](C)C2)CC1. The number of urea groups is 1. The van der Waals surface area contributed by atoms with E-state index < -0.39 is 6.03 Å². The molecule has 2 fully saturated rings. The molecule has 4 amide bonds. The Bertz CT molecular complexity index is 510. The van der Waals surface area contributed by atoms with E-state index >= 15 is 0 Å². The van der Waals surface area contributed by atoms with Gasteiger partial charge in [0.1, 0.15) is 0 Å². The van der Waals surface area contributed by atoms with Gasteiger partial charge in [0.25, 0.3) is 0 Å². The van der Waals surface area contributed by atoms with Gasteiger partial charge in [-0.3, -0.25) is 19.8 Å². The average molecular weight is 383 g/mol. The monoisotopic (exact) mass is 382 g/mol. The van der Waals surface area contributed by atoms with Crippen LogP contribution < -0.4 is 10.6 Å². The van der Waals surface area contributed by atoms with Crippen LogP contribution >= 0.6 is 0 Å². The molecule has 8 nitrogen and oxygen atoms in total. The largest absolute Gasteiger partial charge is 0.372 e. The summed E-state index contributed by atoms with van der Waals surface area (Å²) in [6.45, 7) is 9.48. The maximum absolute atomic E-state index is 12.8. The molecule has 0 unspecified atom stereocenters. The number of rotatable bonds is 6. The van der Waals surface area contributed by atoms with E-state index in [0.29, 0.717) is 32.7 Å². The van der Waals surface area contributed by atoms with Gasteiger partial charge in [0.2, 0.25) is 11.8 Å². The molecule has 27 heavy (non-hydrogen) atoms. The first-order valence-electron chi connectivity index (χ1n) is 10.1. The standard InChI is InChI=1S/C19H34N4O4/c1-4-5-8-20-19(26)21-17(24)13-22-9-6-16(7-10-22)18(25)23-11-14(2)27-15(3)12-23/h14-16H,4-13H2,1-3H3,(H2,20,21,24,26)/t14-,15+. The van der Waals surface area contributed by atoms with Gasteiger partial charge >= 0.3 is 6.03 Å². The normalized spacial score (nSPS) is 24.5. The van der Waals surface area contributed by atoms with Crippen molar-refractivity contribution in [2.24, 2.45) is 5.92 Å². The summed E-state index contributed by atoms with van der Waals surface area (Å²) in [4.78, 5) is 40.3. The number of ether oxygens (including phenoxy) is 1. The molecule has 0 aromatic carbocycles. The van der Waals surface area contributed by atoms with E-state index in [9.17, 15) is 14.4 Å². The number of nitrogens with zero attached hydrogens (tertiary/aromatic N) is 2. The summed E-state index contributed by atoms with van der Waals surface area (Å²) >= 11 is 0. The molecule has 154 valence electrons. The zero-order valence-electron chi connectivity index (χ0n) is 16.8. The maximum atomic E-state index is 12.8. The summed E-state index contributed by atoms with van der Waals surface area (Å²) in [6, 6.07) is -0.436. The zero-order valence-corrected chi connectivity index (χ0v) is 16.8. The van der Waals surface area contributed by atoms with Crippen molar-refractivity contribution in [1.29, 1.82) is 0 Å². The van der Waals surface area contributed by atoms with Crippen molar-refractivity contribution in [3.05, 3.63) is 0 Å². The Morgan fingerprint density at radius 3 is 2.30 bits per heavy atom. The van der Waals surface area contributed by atoms with Gasteiger partial charge in [-0.05, 0) is 46.2 Å². The highest BCUT2D eigenvalue weighted by Gasteiger charge is 2.32. The summed E-state index contributed by atoms with van der Waals surface area (Å²) in [5.41, 5.74) is 0. The lowest BCUT2D eigenvalue weighted by atomic mass is 9.94. The van der Waals surface area contributed by atoms with Crippen molar-refractivity contribution in [1.82, 2.24) is 20.4 Å². The third-order valence-electron chi connectivity index (χ3n) is 5.10.